The normalized spacial score (nSPS) is 11.8. The summed E-state index contributed by atoms with van der Waals surface area (Å²) in [7, 11) is -2.23. The molecular formula is C14H14ClFN2O2S. The minimum absolute atomic E-state index is 0.0242. The van der Waals surface area contributed by atoms with E-state index in [2.05, 4.69) is 4.98 Å². The molecule has 0 unspecified atom stereocenters. The van der Waals surface area contributed by atoms with Crippen molar-refractivity contribution in [1.82, 2.24) is 9.29 Å². The molecule has 0 aliphatic heterocycles. The van der Waals surface area contributed by atoms with Crippen LogP contribution in [0.25, 0.3) is 0 Å². The summed E-state index contributed by atoms with van der Waals surface area (Å²) in [6, 6.07) is 7.09. The SMILES string of the molecule is CN(Cc1ccncc1)S(=O)(=O)c1ccc(F)c(CCl)c1. The van der Waals surface area contributed by atoms with Crippen molar-refractivity contribution in [1.29, 1.82) is 0 Å². The lowest BCUT2D eigenvalue weighted by Crippen LogP contribution is -2.26. The van der Waals surface area contributed by atoms with E-state index in [-0.39, 0.29) is 22.9 Å². The number of hydrogen-bond donors (Lipinski definition) is 0. The fraction of sp³-hybridized carbons (Fsp3) is 0.214. The Balaban J connectivity index is 2.29. The second-order valence-electron chi connectivity index (χ2n) is 4.50. The number of sulfonamides is 1. The fourth-order valence-corrected chi connectivity index (χ4v) is 3.24. The zero-order valence-electron chi connectivity index (χ0n) is 11.3. The highest BCUT2D eigenvalue weighted by atomic mass is 35.5. The molecule has 0 saturated carbocycles. The third-order valence-corrected chi connectivity index (χ3v) is 5.11. The predicted octanol–water partition coefficient (Wildman–Crippen LogP) is 2.78. The molecule has 0 N–H and O–H groups in total. The van der Waals surface area contributed by atoms with Gasteiger partial charge in [0.15, 0.2) is 0 Å². The van der Waals surface area contributed by atoms with E-state index in [0.29, 0.717) is 0 Å². The van der Waals surface area contributed by atoms with E-state index in [1.807, 2.05) is 0 Å². The zero-order valence-corrected chi connectivity index (χ0v) is 12.9. The first-order valence-corrected chi connectivity index (χ1v) is 8.12. The Morgan fingerprint density at radius 1 is 1.24 bits per heavy atom. The smallest absolute Gasteiger partial charge is 0.243 e. The first kappa shape index (κ1) is 15.9. The van der Waals surface area contributed by atoms with E-state index in [1.165, 1.54) is 23.5 Å². The summed E-state index contributed by atoms with van der Waals surface area (Å²) in [5.41, 5.74) is 0.978. The van der Waals surface area contributed by atoms with Crippen LogP contribution in [0.2, 0.25) is 0 Å². The molecule has 0 fully saturated rings. The maximum atomic E-state index is 13.4. The van der Waals surface area contributed by atoms with Gasteiger partial charge in [0.1, 0.15) is 5.82 Å². The maximum Gasteiger partial charge on any atom is 0.243 e. The molecule has 0 aliphatic carbocycles. The number of halogens is 2. The van der Waals surface area contributed by atoms with Crippen LogP contribution in [0, 0.1) is 5.82 Å². The highest BCUT2D eigenvalue weighted by molar-refractivity contribution is 7.89. The van der Waals surface area contributed by atoms with Crippen LogP contribution < -0.4 is 0 Å². The van der Waals surface area contributed by atoms with Crippen LogP contribution in [0.4, 0.5) is 4.39 Å². The second-order valence-corrected chi connectivity index (χ2v) is 6.82. The van der Waals surface area contributed by atoms with Gasteiger partial charge in [0.2, 0.25) is 10.0 Å². The molecule has 0 atom stereocenters. The third kappa shape index (κ3) is 3.58. The molecule has 4 nitrogen and oxygen atoms in total. The number of aromatic nitrogens is 1. The Labute approximate surface area is 128 Å². The van der Waals surface area contributed by atoms with Crippen LogP contribution in [0.1, 0.15) is 11.1 Å². The average molecular weight is 329 g/mol. The Kier molecular flexibility index (Phi) is 4.92. The molecule has 21 heavy (non-hydrogen) atoms. The van der Waals surface area contributed by atoms with Crippen molar-refractivity contribution in [3.05, 3.63) is 59.7 Å². The Morgan fingerprint density at radius 3 is 2.52 bits per heavy atom. The molecule has 0 aliphatic rings. The van der Waals surface area contributed by atoms with Crippen LogP contribution in [-0.2, 0) is 22.4 Å². The van der Waals surface area contributed by atoms with E-state index in [0.717, 1.165) is 11.6 Å². The topological polar surface area (TPSA) is 50.3 Å². The molecule has 2 rings (SSSR count). The summed E-state index contributed by atoms with van der Waals surface area (Å²) in [6.07, 6.45) is 3.19. The molecule has 0 spiro atoms. The minimum atomic E-state index is -3.70. The van der Waals surface area contributed by atoms with Crippen molar-refractivity contribution in [2.24, 2.45) is 0 Å². The van der Waals surface area contributed by atoms with Crippen LogP contribution >= 0.6 is 11.6 Å². The van der Waals surface area contributed by atoms with Gasteiger partial charge >= 0.3 is 0 Å². The van der Waals surface area contributed by atoms with Gasteiger partial charge in [-0.2, -0.15) is 4.31 Å². The van der Waals surface area contributed by atoms with Gasteiger partial charge in [-0.15, -0.1) is 11.6 Å². The molecule has 0 bridgehead atoms. The molecule has 0 amide bonds. The third-order valence-electron chi connectivity index (χ3n) is 3.02. The first-order chi connectivity index (χ1) is 9.95. The van der Waals surface area contributed by atoms with Gasteiger partial charge in [0.05, 0.1) is 10.8 Å². The number of nitrogens with zero attached hydrogens (tertiary/aromatic N) is 2. The summed E-state index contributed by atoms with van der Waals surface area (Å²) in [4.78, 5) is 3.91. The molecule has 0 radical (unpaired) electrons. The molecule has 1 heterocycles. The number of alkyl halides is 1. The lowest BCUT2D eigenvalue weighted by molar-refractivity contribution is 0.466. The molecule has 1 aromatic heterocycles. The summed E-state index contributed by atoms with van der Waals surface area (Å²) in [5, 5.41) is 0. The van der Waals surface area contributed by atoms with Gasteiger partial charge in [-0.1, -0.05) is 0 Å². The lowest BCUT2D eigenvalue weighted by Gasteiger charge is -2.17. The van der Waals surface area contributed by atoms with Crippen LogP contribution in [0.15, 0.2) is 47.6 Å². The van der Waals surface area contributed by atoms with E-state index in [1.54, 1.807) is 24.5 Å². The van der Waals surface area contributed by atoms with Gasteiger partial charge in [0.25, 0.3) is 0 Å². The molecule has 2 aromatic rings. The van der Waals surface area contributed by atoms with Crippen molar-refractivity contribution < 1.29 is 12.8 Å². The molecule has 112 valence electrons. The Bertz CT molecular complexity index is 723. The van der Waals surface area contributed by atoms with Crippen LogP contribution in [0.3, 0.4) is 0 Å². The van der Waals surface area contributed by atoms with Gasteiger partial charge in [-0.05, 0) is 35.9 Å². The Morgan fingerprint density at radius 2 is 1.90 bits per heavy atom. The number of pyridine rings is 1. The summed E-state index contributed by atoms with van der Waals surface area (Å²) >= 11 is 5.61. The second kappa shape index (κ2) is 6.51. The minimum Gasteiger partial charge on any atom is -0.265 e. The van der Waals surface area contributed by atoms with Gasteiger partial charge < -0.3 is 0 Å². The monoisotopic (exact) mass is 328 g/mol. The van der Waals surface area contributed by atoms with E-state index < -0.39 is 15.8 Å². The molecule has 7 heteroatoms. The summed E-state index contributed by atoms with van der Waals surface area (Å²) < 4.78 is 39.5. The van der Waals surface area contributed by atoms with Gasteiger partial charge in [0, 0.05) is 31.5 Å². The highest BCUT2D eigenvalue weighted by Crippen LogP contribution is 2.20. The number of hydrogen-bond acceptors (Lipinski definition) is 3. The lowest BCUT2D eigenvalue weighted by atomic mass is 10.2. The van der Waals surface area contributed by atoms with E-state index in [9.17, 15) is 12.8 Å². The van der Waals surface area contributed by atoms with Crippen molar-refractivity contribution in [2.75, 3.05) is 7.05 Å². The zero-order chi connectivity index (χ0) is 15.5. The molecular weight excluding hydrogens is 315 g/mol. The van der Waals surface area contributed by atoms with Crippen LogP contribution in [-0.4, -0.2) is 24.8 Å². The maximum absolute atomic E-state index is 13.4. The van der Waals surface area contributed by atoms with Gasteiger partial charge in [-0.3, -0.25) is 4.98 Å². The number of rotatable bonds is 5. The van der Waals surface area contributed by atoms with E-state index >= 15 is 0 Å². The molecule has 1 aromatic carbocycles. The standard InChI is InChI=1S/C14H14ClFN2O2S/c1-18(10-11-4-6-17-7-5-11)21(19,20)13-2-3-14(16)12(8-13)9-15/h2-8H,9-10H2,1H3. The predicted molar refractivity (Wildman–Crippen MR) is 78.8 cm³/mol. The average Bonchev–Trinajstić information content (AvgIpc) is 2.48. The van der Waals surface area contributed by atoms with Crippen molar-refractivity contribution in [3.8, 4) is 0 Å². The largest absolute Gasteiger partial charge is 0.265 e. The quantitative estimate of drug-likeness (QED) is 0.793. The highest BCUT2D eigenvalue weighted by Gasteiger charge is 2.22. The number of benzene rings is 1. The first-order valence-electron chi connectivity index (χ1n) is 6.15. The van der Waals surface area contributed by atoms with Crippen molar-refractivity contribution >= 4 is 21.6 Å². The van der Waals surface area contributed by atoms with Gasteiger partial charge in [-0.25, -0.2) is 12.8 Å². The summed E-state index contributed by atoms with van der Waals surface area (Å²) in [5.74, 6) is -0.593. The van der Waals surface area contributed by atoms with Crippen molar-refractivity contribution in [3.63, 3.8) is 0 Å². The van der Waals surface area contributed by atoms with Crippen LogP contribution in [0.5, 0.6) is 0 Å². The summed E-state index contributed by atoms with van der Waals surface area (Å²) in [6.45, 7) is 0.207. The van der Waals surface area contributed by atoms with Crippen molar-refractivity contribution in [2.45, 2.75) is 17.3 Å². The molecule has 0 saturated heterocycles. The fourth-order valence-electron chi connectivity index (χ4n) is 1.82. The van der Waals surface area contributed by atoms with E-state index in [4.69, 9.17) is 11.6 Å². The Hall–Kier alpha value is -1.50.